The van der Waals surface area contributed by atoms with Crippen molar-refractivity contribution < 1.29 is 9.53 Å². The first-order chi connectivity index (χ1) is 15.2. The molecule has 1 saturated carbocycles. The quantitative estimate of drug-likeness (QED) is 0.742. The van der Waals surface area contributed by atoms with Crippen LogP contribution in [0.5, 0.6) is 5.75 Å². The number of piperazine rings is 1. The zero-order valence-corrected chi connectivity index (χ0v) is 18.5. The molecule has 2 aliphatic rings. The lowest BCUT2D eigenvalue weighted by atomic mass is 9.94. The summed E-state index contributed by atoms with van der Waals surface area (Å²) in [4.78, 5) is 22.3. The third kappa shape index (κ3) is 5.76. The highest BCUT2D eigenvalue weighted by molar-refractivity contribution is 5.82. The van der Waals surface area contributed by atoms with Crippen LogP contribution in [0.15, 0.2) is 48.8 Å². The van der Waals surface area contributed by atoms with E-state index in [1.807, 2.05) is 24.5 Å². The van der Waals surface area contributed by atoms with E-state index in [2.05, 4.69) is 44.4 Å². The Balaban J connectivity index is 1.44. The van der Waals surface area contributed by atoms with Crippen LogP contribution in [0, 0.1) is 0 Å². The van der Waals surface area contributed by atoms with Crippen LogP contribution in [0.3, 0.4) is 0 Å². The normalized spacial score (nSPS) is 19.1. The van der Waals surface area contributed by atoms with Crippen LogP contribution in [0.4, 0.5) is 5.69 Å². The van der Waals surface area contributed by atoms with E-state index in [0.29, 0.717) is 6.04 Å². The zero-order chi connectivity index (χ0) is 21.5. The lowest BCUT2D eigenvalue weighted by Crippen LogP contribution is -2.57. The molecule has 1 saturated heterocycles. The lowest BCUT2D eigenvalue weighted by Gasteiger charge is -2.40. The average molecular weight is 423 g/mol. The number of carbonyl (C=O) groups is 1. The van der Waals surface area contributed by atoms with E-state index in [-0.39, 0.29) is 11.9 Å². The van der Waals surface area contributed by atoms with Gasteiger partial charge >= 0.3 is 0 Å². The molecule has 0 spiro atoms. The van der Waals surface area contributed by atoms with Crippen molar-refractivity contribution in [3.8, 4) is 5.75 Å². The minimum absolute atomic E-state index is 0.144. The van der Waals surface area contributed by atoms with Gasteiger partial charge in [-0.25, -0.2) is 0 Å². The van der Waals surface area contributed by atoms with E-state index in [0.717, 1.165) is 51.2 Å². The molecule has 166 valence electrons. The van der Waals surface area contributed by atoms with Crippen molar-refractivity contribution in [3.05, 3.63) is 54.4 Å². The Kier molecular flexibility index (Phi) is 7.41. The van der Waals surface area contributed by atoms with Gasteiger partial charge in [0.2, 0.25) is 5.91 Å². The van der Waals surface area contributed by atoms with Gasteiger partial charge in [0.15, 0.2) is 0 Å². The molecule has 1 aliphatic carbocycles. The number of pyridine rings is 1. The zero-order valence-electron chi connectivity index (χ0n) is 18.5. The molecule has 1 atom stereocenters. The first-order valence-corrected chi connectivity index (χ1v) is 11.6. The van der Waals surface area contributed by atoms with Crippen LogP contribution in [-0.4, -0.2) is 61.2 Å². The molecule has 1 aromatic heterocycles. The smallest absolute Gasteiger partial charge is 0.237 e. The number of hydrogen-bond acceptors (Lipinski definition) is 5. The second-order valence-electron chi connectivity index (χ2n) is 8.64. The van der Waals surface area contributed by atoms with E-state index < -0.39 is 0 Å². The molecule has 0 unspecified atom stereocenters. The fourth-order valence-electron chi connectivity index (χ4n) is 4.76. The number of methoxy groups -OCH3 is 1. The van der Waals surface area contributed by atoms with Crippen LogP contribution < -0.4 is 15.0 Å². The standard InChI is InChI=1S/C25H34N4O2/c1-31-23-9-7-20(8-10-23)19-24(25(30)27-21-5-3-2-4-6-21)29-17-15-28(16-18-29)22-11-13-26-14-12-22/h7-14,21,24H,2-6,15-19H2,1H3,(H,27,30)/t24-/m0/s1. The number of ether oxygens (including phenoxy) is 1. The second-order valence-corrected chi connectivity index (χ2v) is 8.64. The number of rotatable bonds is 7. The summed E-state index contributed by atoms with van der Waals surface area (Å²) in [7, 11) is 1.68. The van der Waals surface area contributed by atoms with Crippen LogP contribution in [-0.2, 0) is 11.2 Å². The summed E-state index contributed by atoms with van der Waals surface area (Å²) >= 11 is 0. The summed E-state index contributed by atoms with van der Waals surface area (Å²) in [5, 5.41) is 3.37. The number of benzene rings is 1. The van der Waals surface area contributed by atoms with E-state index in [1.54, 1.807) is 7.11 Å². The fourth-order valence-corrected chi connectivity index (χ4v) is 4.76. The van der Waals surface area contributed by atoms with Crippen molar-refractivity contribution in [1.82, 2.24) is 15.2 Å². The summed E-state index contributed by atoms with van der Waals surface area (Å²) < 4.78 is 5.29. The topological polar surface area (TPSA) is 57.7 Å². The monoisotopic (exact) mass is 422 g/mol. The molecule has 1 aromatic carbocycles. The molecule has 1 amide bonds. The summed E-state index contributed by atoms with van der Waals surface area (Å²) in [5.41, 5.74) is 2.37. The minimum Gasteiger partial charge on any atom is -0.497 e. The van der Waals surface area contributed by atoms with Crippen molar-refractivity contribution >= 4 is 11.6 Å². The largest absolute Gasteiger partial charge is 0.497 e. The summed E-state index contributed by atoms with van der Waals surface area (Å²) in [5.74, 6) is 1.03. The Bertz CT molecular complexity index is 813. The van der Waals surface area contributed by atoms with Gasteiger partial charge in [0.1, 0.15) is 5.75 Å². The van der Waals surface area contributed by atoms with Gasteiger partial charge in [-0.2, -0.15) is 0 Å². The lowest BCUT2D eigenvalue weighted by molar-refractivity contribution is -0.127. The van der Waals surface area contributed by atoms with Crippen molar-refractivity contribution in [1.29, 1.82) is 0 Å². The molecule has 1 aliphatic heterocycles. The molecular weight excluding hydrogens is 388 g/mol. The number of hydrogen-bond donors (Lipinski definition) is 1. The molecule has 0 radical (unpaired) electrons. The molecule has 0 bridgehead atoms. The second kappa shape index (κ2) is 10.6. The maximum absolute atomic E-state index is 13.4. The van der Waals surface area contributed by atoms with Crippen molar-refractivity contribution in [2.45, 2.75) is 50.6 Å². The molecule has 6 heteroatoms. The van der Waals surface area contributed by atoms with Gasteiger partial charge in [0.05, 0.1) is 13.2 Å². The molecule has 31 heavy (non-hydrogen) atoms. The van der Waals surface area contributed by atoms with Gasteiger partial charge in [-0.05, 0) is 49.1 Å². The number of anilines is 1. The van der Waals surface area contributed by atoms with Gasteiger partial charge < -0.3 is 15.0 Å². The van der Waals surface area contributed by atoms with E-state index >= 15 is 0 Å². The molecule has 2 aromatic rings. The number of nitrogens with zero attached hydrogens (tertiary/aromatic N) is 3. The summed E-state index contributed by atoms with van der Waals surface area (Å²) in [6, 6.07) is 12.4. The molecule has 2 fully saturated rings. The van der Waals surface area contributed by atoms with Crippen LogP contribution in [0.1, 0.15) is 37.7 Å². The Morgan fingerprint density at radius 1 is 1.03 bits per heavy atom. The van der Waals surface area contributed by atoms with Crippen LogP contribution >= 0.6 is 0 Å². The van der Waals surface area contributed by atoms with E-state index in [1.165, 1.54) is 30.5 Å². The fraction of sp³-hybridized carbons (Fsp3) is 0.520. The molecular formula is C25H34N4O2. The Morgan fingerprint density at radius 2 is 1.71 bits per heavy atom. The van der Waals surface area contributed by atoms with Gasteiger partial charge in [-0.3, -0.25) is 14.7 Å². The third-order valence-electron chi connectivity index (χ3n) is 6.63. The number of aromatic nitrogens is 1. The van der Waals surface area contributed by atoms with Crippen molar-refractivity contribution in [2.75, 3.05) is 38.2 Å². The highest BCUT2D eigenvalue weighted by Crippen LogP contribution is 2.21. The average Bonchev–Trinajstić information content (AvgIpc) is 2.84. The van der Waals surface area contributed by atoms with Gasteiger partial charge in [0.25, 0.3) is 0 Å². The van der Waals surface area contributed by atoms with E-state index in [4.69, 9.17) is 4.74 Å². The molecule has 6 nitrogen and oxygen atoms in total. The Morgan fingerprint density at radius 3 is 2.35 bits per heavy atom. The maximum atomic E-state index is 13.4. The molecule has 4 rings (SSSR count). The van der Waals surface area contributed by atoms with Crippen LogP contribution in [0.2, 0.25) is 0 Å². The van der Waals surface area contributed by atoms with Gasteiger partial charge in [-0.15, -0.1) is 0 Å². The van der Waals surface area contributed by atoms with E-state index in [9.17, 15) is 4.79 Å². The van der Waals surface area contributed by atoms with Crippen molar-refractivity contribution in [3.63, 3.8) is 0 Å². The summed E-state index contributed by atoms with van der Waals surface area (Å²) in [6.45, 7) is 3.59. The number of amides is 1. The van der Waals surface area contributed by atoms with Crippen LogP contribution in [0.25, 0.3) is 0 Å². The van der Waals surface area contributed by atoms with Gasteiger partial charge in [0, 0.05) is 50.3 Å². The third-order valence-corrected chi connectivity index (χ3v) is 6.63. The SMILES string of the molecule is COc1ccc(C[C@@H](C(=O)NC2CCCCC2)N2CCN(c3ccncc3)CC2)cc1. The number of carbonyl (C=O) groups excluding carboxylic acids is 1. The first kappa shape index (κ1) is 21.6. The molecule has 1 N–H and O–H groups in total. The molecule has 2 heterocycles. The maximum Gasteiger partial charge on any atom is 0.237 e. The number of nitrogens with one attached hydrogen (secondary N) is 1. The highest BCUT2D eigenvalue weighted by Gasteiger charge is 2.31. The van der Waals surface area contributed by atoms with Crippen molar-refractivity contribution in [2.24, 2.45) is 0 Å². The Labute approximate surface area is 185 Å². The van der Waals surface area contributed by atoms with Gasteiger partial charge in [-0.1, -0.05) is 31.4 Å². The minimum atomic E-state index is -0.144. The predicted molar refractivity (Wildman–Crippen MR) is 124 cm³/mol. The highest BCUT2D eigenvalue weighted by atomic mass is 16.5. The Hall–Kier alpha value is -2.60. The summed E-state index contributed by atoms with van der Waals surface area (Å²) in [6.07, 6.45) is 10.3. The first-order valence-electron chi connectivity index (χ1n) is 11.6. The predicted octanol–water partition coefficient (Wildman–Crippen LogP) is 3.27.